The van der Waals surface area contributed by atoms with E-state index in [0.29, 0.717) is 5.54 Å². The predicted molar refractivity (Wildman–Crippen MR) is 84.9 cm³/mol. The highest BCUT2D eigenvalue weighted by atomic mass is 79.9. The average Bonchev–Trinajstić information content (AvgIpc) is 2.44. The lowest BCUT2D eigenvalue weighted by Gasteiger charge is -2.51. The van der Waals surface area contributed by atoms with Crippen LogP contribution in [0.4, 0.5) is 5.69 Å². The lowest BCUT2D eigenvalue weighted by molar-refractivity contribution is 0.241. The van der Waals surface area contributed by atoms with Crippen molar-refractivity contribution in [1.29, 1.82) is 0 Å². The van der Waals surface area contributed by atoms with Crippen LogP contribution in [0, 0.1) is 6.92 Å². The third-order valence-electron chi connectivity index (χ3n) is 4.78. The topological polar surface area (TPSA) is 15.3 Å². The fraction of sp³-hybridized carbons (Fsp3) is 0.625. The molecule has 2 fully saturated rings. The lowest BCUT2D eigenvalue weighted by Crippen LogP contribution is -2.62. The summed E-state index contributed by atoms with van der Waals surface area (Å²) >= 11 is 3.61. The molecule has 1 aromatic rings. The molecule has 2 nitrogen and oxygen atoms in total. The minimum absolute atomic E-state index is 0.372. The van der Waals surface area contributed by atoms with Gasteiger partial charge in [-0.15, -0.1) is 0 Å². The first-order valence-corrected chi connectivity index (χ1v) is 8.25. The number of nitrogens with one attached hydrogen (secondary N) is 1. The SMILES string of the molecule is Cc1cc(N2CCNCC23CCCCC3)ccc1Br. The number of benzene rings is 1. The summed E-state index contributed by atoms with van der Waals surface area (Å²) in [5.41, 5.74) is 3.11. The van der Waals surface area contributed by atoms with Crippen LogP contribution in [0.3, 0.4) is 0 Å². The standard InChI is InChI=1S/C16H23BrN2/c1-13-11-14(5-6-15(13)17)19-10-9-18-12-16(19)7-3-2-4-8-16/h5-6,11,18H,2-4,7-10,12H2,1H3. The van der Waals surface area contributed by atoms with Crippen molar-refractivity contribution >= 4 is 21.6 Å². The van der Waals surface area contributed by atoms with Gasteiger partial charge in [-0.25, -0.2) is 0 Å². The normalized spacial score (nSPS) is 22.7. The molecule has 0 amide bonds. The summed E-state index contributed by atoms with van der Waals surface area (Å²) in [7, 11) is 0. The second-order valence-electron chi connectivity index (χ2n) is 6.05. The largest absolute Gasteiger partial charge is 0.363 e. The van der Waals surface area contributed by atoms with Gasteiger partial charge in [0.2, 0.25) is 0 Å². The molecule has 0 radical (unpaired) electrons. The van der Waals surface area contributed by atoms with Gasteiger partial charge in [0.1, 0.15) is 0 Å². The summed E-state index contributed by atoms with van der Waals surface area (Å²) in [6.45, 7) is 5.59. The minimum Gasteiger partial charge on any atom is -0.363 e. The van der Waals surface area contributed by atoms with E-state index in [1.807, 2.05) is 0 Å². The van der Waals surface area contributed by atoms with Crippen molar-refractivity contribution in [3.8, 4) is 0 Å². The first-order valence-electron chi connectivity index (χ1n) is 7.46. The van der Waals surface area contributed by atoms with E-state index in [-0.39, 0.29) is 0 Å². The Morgan fingerprint density at radius 2 is 2.00 bits per heavy atom. The van der Waals surface area contributed by atoms with E-state index in [0.717, 1.165) is 19.6 Å². The Morgan fingerprint density at radius 1 is 1.21 bits per heavy atom. The zero-order valence-corrected chi connectivity index (χ0v) is 13.3. The quantitative estimate of drug-likeness (QED) is 0.844. The van der Waals surface area contributed by atoms with Crippen LogP contribution in [0.25, 0.3) is 0 Å². The van der Waals surface area contributed by atoms with E-state index in [9.17, 15) is 0 Å². The van der Waals surface area contributed by atoms with Crippen LogP contribution in [0.2, 0.25) is 0 Å². The number of anilines is 1. The molecule has 19 heavy (non-hydrogen) atoms. The van der Waals surface area contributed by atoms with Gasteiger partial charge in [0, 0.05) is 29.8 Å². The number of hydrogen-bond acceptors (Lipinski definition) is 2. The summed E-state index contributed by atoms with van der Waals surface area (Å²) in [5.74, 6) is 0. The molecule has 0 aromatic heterocycles. The zero-order valence-electron chi connectivity index (χ0n) is 11.7. The molecule has 104 valence electrons. The highest BCUT2D eigenvalue weighted by molar-refractivity contribution is 9.10. The Bertz CT molecular complexity index is 444. The molecule has 1 aromatic carbocycles. The predicted octanol–water partition coefficient (Wildman–Crippen LogP) is 3.87. The molecule has 2 aliphatic rings. The molecular formula is C16H23BrN2. The second kappa shape index (κ2) is 5.45. The fourth-order valence-corrected chi connectivity index (χ4v) is 3.95. The fourth-order valence-electron chi connectivity index (χ4n) is 3.70. The highest BCUT2D eigenvalue weighted by Crippen LogP contribution is 2.38. The number of piperazine rings is 1. The number of hydrogen-bond donors (Lipinski definition) is 1. The number of halogens is 1. The van der Waals surface area contributed by atoms with E-state index in [2.05, 4.69) is 51.3 Å². The second-order valence-corrected chi connectivity index (χ2v) is 6.90. The van der Waals surface area contributed by atoms with Gasteiger partial charge in [-0.05, 0) is 43.5 Å². The molecule has 1 saturated carbocycles. The van der Waals surface area contributed by atoms with E-state index in [1.54, 1.807) is 0 Å². The third kappa shape index (κ3) is 2.55. The maximum Gasteiger partial charge on any atom is 0.0526 e. The molecule has 1 heterocycles. The van der Waals surface area contributed by atoms with E-state index >= 15 is 0 Å². The van der Waals surface area contributed by atoms with E-state index in [4.69, 9.17) is 0 Å². The number of aryl methyl sites for hydroxylation is 1. The Labute approximate surface area is 124 Å². The number of nitrogens with zero attached hydrogens (tertiary/aromatic N) is 1. The summed E-state index contributed by atoms with van der Waals surface area (Å²) in [4.78, 5) is 2.68. The Kier molecular flexibility index (Phi) is 3.86. The summed E-state index contributed by atoms with van der Waals surface area (Å²) < 4.78 is 1.21. The van der Waals surface area contributed by atoms with Crippen molar-refractivity contribution in [3.05, 3.63) is 28.2 Å². The monoisotopic (exact) mass is 322 g/mol. The molecule has 1 aliphatic heterocycles. The Hall–Kier alpha value is -0.540. The van der Waals surface area contributed by atoms with Crippen LogP contribution in [-0.4, -0.2) is 25.2 Å². The molecule has 3 rings (SSSR count). The van der Waals surface area contributed by atoms with Gasteiger partial charge in [0.15, 0.2) is 0 Å². The van der Waals surface area contributed by atoms with Gasteiger partial charge in [0.25, 0.3) is 0 Å². The van der Waals surface area contributed by atoms with Crippen LogP contribution in [-0.2, 0) is 0 Å². The van der Waals surface area contributed by atoms with Crippen molar-refractivity contribution in [2.45, 2.75) is 44.6 Å². The van der Waals surface area contributed by atoms with Crippen LogP contribution in [0.1, 0.15) is 37.7 Å². The molecule has 1 spiro atoms. The highest BCUT2D eigenvalue weighted by Gasteiger charge is 2.39. The molecule has 3 heteroatoms. The van der Waals surface area contributed by atoms with Crippen molar-refractivity contribution in [2.75, 3.05) is 24.5 Å². The van der Waals surface area contributed by atoms with Crippen LogP contribution >= 0.6 is 15.9 Å². The first kappa shape index (κ1) is 13.4. The van der Waals surface area contributed by atoms with Crippen molar-refractivity contribution < 1.29 is 0 Å². The maximum absolute atomic E-state index is 3.62. The average molecular weight is 323 g/mol. The summed E-state index contributed by atoms with van der Waals surface area (Å²) in [6.07, 6.45) is 6.86. The Morgan fingerprint density at radius 3 is 2.74 bits per heavy atom. The van der Waals surface area contributed by atoms with Crippen LogP contribution in [0.5, 0.6) is 0 Å². The van der Waals surface area contributed by atoms with E-state index < -0.39 is 0 Å². The molecule has 0 atom stereocenters. The van der Waals surface area contributed by atoms with Crippen molar-refractivity contribution in [2.24, 2.45) is 0 Å². The number of rotatable bonds is 1. The molecule has 1 aliphatic carbocycles. The smallest absolute Gasteiger partial charge is 0.0526 e. The first-order chi connectivity index (χ1) is 9.21. The zero-order chi connectivity index (χ0) is 13.3. The summed E-state index contributed by atoms with van der Waals surface area (Å²) in [6, 6.07) is 6.81. The van der Waals surface area contributed by atoms with Gasteiger partial charge in [-0.3, -0.25) is 0 Å². The van der Waals surface area contributed by atoms with Gasteiger partial charge in [-0.1, -0.05) is 35.2 Å². The molecule has 1 N–H and O–H groups in total. The molecule has 1 saturated heterocycles. The third-order valence-corrected chi connectivity index (χ3v) is 5.67. The van der Waals surface area contributed by atoms with Crippen LogP contribution < -0.4 is 10.2 Å². The van der Waals surface area contributed by atoms with Gasteiger partial charge in [-0.2, -0.15) is 0 Å². The lowest BCUT2D eigenvalue weighted by atomic mass is 9.78. The van der Waals surface area contributed by atoms with Gasteiger partial charge < -0.3 is 10.2 Å². The Balaban J connectivity index is 1.93. The molecule has 0 bridgehead atoms. The summed E-state index contributed by atoms with van der Waals surface area (Å²) in [5, 5.41) is 3.62. The van der Waals surface area contributed by atoms with Gasteiger partial charge >= 0.3 is 0 Å². The maximum atomic E-state index is 3.62. The van der Waals surface area contributed by atoms with Crippen LogP contribution in [0.15, 0.2) is 22.7 Å². The van der Waals surface area contributed by atoms with Gasteiger partial charge in [0.05, 0.1) is 5.54 Å². The molecule has 0 unspecified atom stereocenters. The molecular weight excluding hydrogens is 300 g/mol. The van der Waals surface area contributed by atoms with Crippen molar-refractivity contribution in [3.63, 3.8) is 0 Å². The van der Waals surface area contributed by atoms with Crippen molar-refractivity contribution in [1.82, 2.24) is 5.32 Å². The minimum atomic E-state index is 0.372. The van der Waals surface area contributed by atoms with E-state index in [1.165, 1.54) is 47.8 Å².